The number of aromatic nitrogens is 2. The number of likely N-dealkylation sites (N-methyl/N-ethyl adjacent to an activating group) is 1. The van der Waals surface area contributed by atoms with E-state index in [1.165, 1.54) is 11.0 Å². The molecule has 0 aliphatic rings. The molecule has 0 fully saturated rings. The van der Waals surface area contributed by atoms with Crippen LogP contribution in [-0.2, 0) is 11.3 Å². The second-order valence-electron chi connectivity index (χ2n) is 4.43. The van der Waals surface area contributed by atoms with Crippen LogP contribution >= 0.6 is 0 Å². The van der Waals surface area contributed by atoms with E-state index in [0.717, 1.165) is 0 Å². The zero-order valence-electron chi connectivity index (χ0n) is 10.6. The van der Waals surface area contributed by atoms with E-state index in [-0.39, 0.29) is 24.2 Å². The topological polar surface area (TPSA) is 64.1 Å². The van der Waals surface area contributed by atoms with Crippen LogP contribution in [0.4, 0.5) is 10.3 Å². The number of amides is 1. The first-order valence-electron chi connectivity index (χ1n) is 5.52. The van der Waals surface area contributed by atoms with Crippen LogP contribution in [-0.4, -0.2) is 34.5 Å². The Balaban J connectivity index is 2.53. The second kappa shape index (κ2) is 4.29. The van der Waals surface area contributed by atoms with E-state index in [4.69, 9.17) is 5.73 Å². The number of nitrogen functional groups attached to an aromatic ring is 1. The van der Waals surface area contributed by atoms with E-state index in [2.05, 4.69) is 4.98 Å². The number of hydrogen-bond donors (Lipinski definition) is 1. The highest BCUT2D eigenvalue weighted by molar-refractivity contribution is 5.83. The molecule has 2 aromatic rings. The minimum Gasteiger partial charge on any atom is -0.369 e. The molecule has 2 N–H and O–H groups in total. The molecule has 0 unspecified atom stereocenters. The molecule has 0 saturated heterocycles. The third-order valence-electron chi connectivity index (χ3n) is 2.85. The van der Waals surface area contributed by atoms with Crippen LogP contribution in [0.25, 0.3) is 11.0 Å². The van der Waals surface area contributed by atoms with Gasteiger partial charge in [-0.3, -0.25) is 4.79 Å². The number of carbonyl (C=O) groups excluding carboxylic acids is 1. The normalized spacial score (nSPS) is 10.9. The molecule has 1 amide bonds. The summed E-state index contributed by atoms with van der Waals surface area (Å²) in [5.41, 5.74) is 7.39. The van der Waals surface area contributed by atoms with Crippen LogP contribution in [0.15, 0.2) is 12.1 Å². The number of rotatable bonds is 2. The second-order valence-corrected chi connectivity index (χ2v) is 4.43. The molecule has 1 aromatic carbocycles. The summed E-state index contributed by atoms with van der Waals surface area (Å²) in [6.07, 6.45) is 0. The molecule has 0 atom stereocenters. The van der Waals surface area contributed by atoms with E-state index < -0.39 is 0 Å². The number of fused-ring (bicyclic) bond motifs is 1. The van der Waals surface area contributed by atoms with E-state index in [9.17, 15) is 9.18 Å². The van der Waals surface area contributed by atoms with Gasteiger partial charge >= 0.3 is 0 Å². The first-order chi connectivity index (χ1) is 8.40. The zero-order chi connectivity index (χ0) is 13.4. The predicted molar refractivity (Wildman–Crippen MR) is 67.5 cm³/mol. The van der Waals surface area contributed by atoms with Gasteiger partial charge in [0.15, 0.2) is 0 Å². The summed E-state index contributed by atoms with van der Waals surface area (Å²) >= 11 is 0. The Bertz CT molecular complexity index is 618. The lowest BCUT2D eigenvalue weighted by Crippen LogP contribution is -2.26. The third-order valence-corrected chi connectivity index (χ3v) is 2.85. The maximum atomic E-state index is 13.4. The number of imidazole rings is 1. The van der Waals surface area contributed by atoms with Crippen molar-refractivity contribution in [3.05, 3.63) is 23.5 Å². The Hall–Kier alpha value is -2.11. The first kappa shape index (κ1) is 12.3. The van der Waals surface area contributed by atoms with Crippen molar-refractivity contribution in [3.8, 4) is 0 Å². The molecule has 5 nitrogen and oxygen atoms in total. The van der Waals surface area contributed by atoms with Crippen molar-refractivity contribution < 1.29 is 9.18 Å². The zero-order valence-corrected chi connectivity index (χ0v) is 10.6. The molecular weight excluding hydrogens is 235 g/mol. The fraction of sp³-hybridized carbons (Fsp3) is 0.333. The summed E-state index contributed by atoms with van der Waals surface area (Å²) in [5.74, 6) is -0.209. The monoisotopic (exact) mass is 250 g/mol. The molecule has 0 spiro atoms. The lowest BCUT2D eigenvalue weighted by atomic mass is 10.2. The average molecular weight is 250 g/mol. The van der Waals surface area contributed by atoms with Crippen LogP contribution in [0.1, 0.15) is 5.56 Å². The van der Waals surface area contributed by atoms with E-state index in [1.807, 2.05) is 0 Å². The minimum absolute atomic E-state index is 0.0945. The van der Waals surface area contributed by atoms with Crippen LogP contribution in [0, 0.1) is 12.7 Å². The van der Waals surface area contributed by atoms with Gasteiger partial charge in [-0.15, -0.1) is 0 Å². The predicted octanol–water partition coefficient (Wildman–Crippen LogP) is 1.15. The molecule has 96 valence electrons. The van der Waals surface area contributed by atoms with Gasteiger partial charge in [-0.25, -0.2) is 9.37 Å². The van der Waals surface area contributed by atoms with Crippen molar-refractivity contribution in [3.63, 3.8) is 0 Å². The van der Waals surface area contributed by atoms with Gasteiger partial charge in [-0.05, 0) is 18.6 Å². The third kappa shape index (κ3) is 2.01. The summed E-state index contributed by atoms with van der Waals surface area (Å²) in [7, 11) is 3.34. The molecule has 0 aliphatic carbocycles. The van der Waals surface area contributed by atoms with Crippen molar-refractivity contribution >= 4 is 22.9 Å². The van der Waals surface area contributed by atoms with Crippen LogP contribution in [0.3, 0.4) is 0 Å². The molecule has 1 aromatic heterocycles. The van der Waals surface area contributed by atoms with Crippen molar-refractivity contribution in [1.29, 1.82) is 0 Å². The quantitative estimate of drug-likeness (QED) is 0.869. The van der Waals surface area contributed by atoms with Crippen LogP contribution in [0.5, 0.6) is 0 Å². The van der Waals surface area contributed by atoms with E-state index in [0.29, 0.717) is 16.6 Å². The highest BCUT2D eigenvalue weighted by Gasteiger charge is 2.14. The summed E-state index contributed by atoms with van der Waals surface area (Å²) < 4.78 is 15.0. The lowest BCUT2D eigenvalue weighted by molar-refractivity contribution is -0.129. The standard InChI is InChI=1S/C12H15FN4O/c1-7-4-10-9(5-8(7)13)15-12(14)17(10)6-11(18)16(2)3/h4-5H,6H2,1-3H3,(H2,14,15). The molecule has 6 heteroatoms. The molecule has 0 aliphatic heterocycles. The Morgan fingerprint density at radius 1 is 1.50 bits per heavy atom. The van der Waals surface area contributed by atoms with Gasteiger partial charge in [0.1, 0.15) is 12.4 Å². The number of carbonyl (C=O) groups is 1. The molecule has 0 saturated carbocycles. The van der Waals surface area contributed by atoms with Gasteiger partial charge in [0.2, 0.25) is 11.9 Å². The fourth-order valence-corrected chi connectivity index (χ4v) is 1.71. The van der Waals surface area contributed by atoms with Crippen LogP contribution in [0.2, 0.25) is 0 Å². The van der Waals surface area contributed by atoms with Crippen molar-refractivity contribution in [1.82, 2.24) is 14.5 Å². The van der Waals surface area contributed by atoms with Crippen LogP contribution < -0.4 is 5.73 Å². The summed E-state index contributed by atoms with van der Waals surface area (Å²) in [4.78, 5) is 17.2. The van der Waals surface area contributed by atoms with Gasteiger partial charge in [0, 0.05) is 20.2 Å². The number of aryl methyl sites for hydroxylation is 1. The Morgan fingerprint density at radius 2 is 2.17 bits per heavy atom. The summed E-state index contributed by atoms with van der Waals surface area (Å²) in [6, 6.07) is 2.98. The van der Waals surface area contributed by atoms with Gasteiger partial charge in [0.05, 0.1) is 11.0 Å². The Morgan fingerprint density at radius 3 is 2.78 bits per heavy atom. The molecule has 2 rings (SSSR count). The number of anilines is 1. The smallest absolute Gasteiger partial charge is 0.242 e. The molecule has 1 heterocycles. The number of nitrogens with two attached hydrogens (primary N) is 1. The van der Waals surface area contributed by atoms with Gasteiger partial charge < -0.3 is 15.2 Å². The highest BCUT2D eigenvalue weighted by Crippen LogP contribution is 2.21. The average Bonchev–Trinajstić information content (AvgIpc) is 2.56. The summed E-state index contributed by atoms with van der Waals surface area (Å²) in [6.45, 7) is 1.76. The molecular formula is C12H15FN4O. The largest absolute Gasteiger partial charge is 0.369 e. The van der Waals surface area contributed by atoms with Crippen molar-refractivity contribution in [2.45, 2.75) is 13.5 Å². The van der Waals surface area contributed by atoms with E-state index in [1.54, 1.807) is 31.7 Å². The SMILES string of the molecule is Cc1cc2c(cc1F)nc(N)n2CC(=O)N(C)C. The number of benzene rings is 1. The maximum Gasteiger partial charge on any atom is 0.242 e. The molecule has 18 heavy (non-hydrogen) atoms. The first-order valence-corrected chi connectivity index (χ1v) is 5.52. The molecule has 0 bridgehead atoms. The van der Waals surface area contributed by atoms with E-state index >= 15 is 0 Å². The van der Waals surface area contributed by atoms with Gasteiger partial charge in [0.25, 0.3) is 0 Å². The minimum atomic E-state index is -0.328. The number of halogens is 1. The number of nitrogens with zero attached hydrogens (tertiary/aromatic N) is 3. The lowest BCUT2D eigenvalue weighted by Gasteiger charge is -2.12. The number of hydrogen-bond acceptors (Lipinski definition) is 3. The maximum absolute atomic E-state index is 13.4. The highest BCUT2D eigenvalue weighted by atomic mass is 19.1. The Kier molecular flexibility index (Phi) is 2.94. The van der Waals surface area contributed by atoms with Crippen molar-refractivity contribution in [2.24, 2.45) is 0 Å². The summed E-state index contributed by atoms with van der Waals surface area (Å²) in [5, 5.41) is 0. The van der Waals surface area contributed by atoms with Crippen molar-refractivity contribution in [2.75, 3.05) is 19.8 Å². The van der Waals surface area contributed by atoms with Gasteiger partial charge in [-0.1, -0.05) is 0 Å². The fourth-order valence-electron chi connectivity index (χ4n) is 1.71. The Labute approximate surface area is 104 Å². The molecule has 0 radical (unpaired) electrons. The van der Waals surface area contributed by atoms with Gasteiger partial charge in [-0.2, -0.15) is 0 Å².